The van der Waals surface area contributed by atoms with E-state index < -0.39 is 6.09 Å². The molecular weight excluding hydrogens is 404 g/mol. The average molecular weight is 443 g/mol. The molecule has 0 saturated carbocycles. The van der Waals surface area contributed by atoms with E-state index in [0.29, 0.717) is 18.4 Å². The molecule has 2 aliphatic rings. The summed E-state index contributed by atoms with van der Waals surface area (Å²) in [7, 11) is 2.22. The molecule has 0 radical (unpaired) electrons. The van der Waals surface area contributed by atoms with E-state index in [9.17, 15) is 4.79 Å². The maximum absolute atomic E-state index is 12.5. The molecule has 176 valence electrons. The second-order valence-corrected chi connectivity index (χ2v) is 9.94. The van der Waals surface area contributed by atoms with Crippen LogP contribution in [0.3, 0.4) is 0 Å². The Balaban J connectivity index is 1.24. The summed E-state index contributed by atoms with van der Waals surface area (Å²) >= 11 is 0. The first-order valence-corrected chi connectivity index (χ1v) is 12.1. The van der Waals surface area contributed by atoms with Gasteiger partial charge in [0.25, 0.3) is 0 Å². The molecule has 32 heavy (non-hydrogen) atoms. The van der Waals surface area contributed by atoms with Gasteiger partial charge in [-0.25, -0.2) is 4.79 Å². The van der Waals surface area contributed by atoms with E-state index in [0.717, 1.165) is 48.5 Å². The fourth-order valence-electron chi connectivity index (χ4n) is 4.88. The summed E-state index contributed by atoms with van der Waals surface area (Å²) < 4.78 is 11.5. The monoisotopic (exact) mass is 442 g/mol. The number of fused-ring (bicyclic) bond motifs is 1. The van der Waals surface area contributed by atoms with Crippen molar-refractivity contribution in [1.29, 1.82) is 0 Å². The lowest BCUT2D eigenvalue weighted by Crippen LogP contribution is -2.47. The van der Waals surface area contributed by atoms with Crippen molar-refractivity contribution in [2.75, 3.05) is 46.4 Å². The van der Waals surface area contributed by atoms with Crippen molar-refractivity contribution in [3.8, 4) is 11.6 Å². The van der Waals surface area contributed by atoms with E-state index in [1.165, 1.54) is 32.5 Å². The number of aromatic nitrogens is 1. The lowest BCUT2D eigenvalue weighted by atomic mass is 9.96. The third kappa shape index (κ3) is 6.17. The van der Waals surface area contributed by atoms with Gasteiger partial charge in [0.1, 0.15) is 5.75 Å². The fraction of sp³-hybridized carbons (Fsp3) is 0.640. The van der Waals surface area contributed by atoms with Gasteiger partial charge in [-0.15, -0.1) is 0 Å². The Morgan fingerprint density at radius 3 is 2.78 bits per heavy atom. The van der Waals surface area contributed by atoms with E-state index in [2.05, 4.69) is 41.0 Å². The van der Waals surface area contributed by atoms with Gasteiger partial charge in [-0.3, -0.25) is 0 Å². The number of ether oxygens (including phenoxy) is 2. The summed E-state index contributed by atoms with van der Waals surface area (Å²) in [4.78, 5) is 20.7. The largest absolute Gasteiger partial charge is 0.493 e. The van der Waals surface area contributed by atoms with E-state index in [4.69, 9.17) is 9.47 Å². The number of rotatable bonds is 7. The predicted octanol–water partition coefficient (Wildman–Crippen LogP) is 4.10. The second kappa shape index (κ2) is 10.6. The highest BCUT2D eigenvalue weighted by molar-refractivity contribution is 5.88. The lowest BCUT2D eigenvalue weighted by Gasteiger charge is -2.37. The molecule has 1 unspecified atom stereocenters. The summed E-state index contributed by atoms with van der Waals surface area (Å²) in [5, 5.41) is 3.98. The van der Waals surface area contributed by atoms with Crippen LogP contribution in [0.4, 0.5) is 4.79 Å². The van der Waals surface area contributed by atoms with E-state index in [1.54, 1.807) is 0 Å². The predicted molar refractivity (Wildman–Crippen MR) is 127 cm³/mol. The zero-order valence-corrected chi connectivity index (χ0v) is 19.7. The van der Waals surface area contributed by atoms with Crippen LogP contribution in [0, 0.1) is 11.8 Å². The number of carbonyl (C=O) groups excluding carboxylic acids is 1. The number of amides is 1. The summed E-state index contributed by atoms with van der Waals surface area (Å²) in [6.07, 6.45) is 4.19. The minimum atomic E-state index is -0.395. The summed E-state index contributed by atoms with van der Waals surface area (Å²) in [5.74, 6) is 2.47. The van der Waals surface area contributed by atoms with Crippen LogP contribution in [-0.2, 0) is 0 Å². The zero-order chi connectivity index (χ0) is 22.5. The van der Waals surface area contributed by atoms with Gasteiger partial charge in [0.2, 0.25) is 5.88 Å². The molecule has 3 heterocycles. The number of nitrogens with zero attached hydrogens (tertiary/aromatic N) is 2. The summed E-state index contributed by atoms with van der Waals surface area (Å²) in [6.45, 7) is 10.6. The maximum Gasteiger partial charge on any atom is 0.414 e. The quantitative estimate of drug-likeness (QED) is 0.676. The Kier molecular flexibility index (Phi) is 7.58. The molecule has 0 spiro atoms. The highest BCUT2D eigenvalue weighted by atomic mass is 16.6. The normalized spacial score (nSPS) is 21.2. The summed E-state index contributed by atoms with van der Waals surface area (Å²) in [5.41, 5.74) is 0.899. The molecule has 0 aliphatic carbocycles. The molecule has 2 aliphatic heterocycles. The highest BCUT2D eigenvalue weighted by Gasteiger charge is 2.25. The smallest absolute Gasteiger partial charge is 0.414 e. The first-order chi connectivity index (χ1) is 15.5. The van der Waals surface area contributed by atoms with Crippen LogP contribution in [0.25, 0.3) is 10.9 Å². The average Bonchev–Trinajstić information content (AvgIpc) is 3.16. The third-order valence-corrected chi connectivity index (χ3v) is 6.52. The molecule has 7 heteroatoms. The molecule has 0 bridgehead atoms. The van der Waals surface area contributed by atoms with Crippen LogP contribution in [0.2, 0.25) is 0 Å². The molecule has 2 saturated heterocycles. The number of piperidine rings is 2. The molecule has 4 rings (SSSR count). The lowest BCUT2D eigenvalue weighted by molar-refractivity contribution is 0.125. The molecule has 1 amide bonds. The van der Waals surface area contributed by atoms with Crippen molar-refractivity contribution in [1.82, 2.24) is 20.1 Å². The molecule has 1 atom stereocenters. The van der Waals surface area contributed by atoms with Gasteiger partial charge in [0.15, 0.2) is 0 Å². The van der Waals surface area contributed by atoms with Crippen LogP contribution >= 0.6 is 0 Å². The minimum Gasteiger partial charge on any atom is -0.493 e. The van der Waals surface area contributed by atoms with Crippen LogP contribution in [0.5, 0.6) is 11.6 Å². The van der Waals surface area contributed by atoms with Crippen LogP contribution < -0.4 is 14.8 Å². The minimum absolute atomic E-state index is 0.169. The number of H-pyrrole nitrogens is 1. The number of benzene rings is 1. The Hall–Kier alpha value is -2.25. The molecule has 1 aromatic carbocycles. The van der Waals surface area contributed by atoms with Gasteiger partial charge < -0.3 is 29.6 Å². The van der Waals surface area contributed by atoms with Crippen molar-refractivity contribution in [2.24, 2.45) is 11.8 Å². The van der Waals surface area contributed by atoms with E-state index >= 15 is 0 Å². The Morgan fingerprint density at radius 2 is 2.03 bits per heavy atom. The molecule has 2 aromatic rings. The number of likely N-dealkylation sites (tertiary alicyclic amines) is 2. The Morgan fingerprint density at radius 1 is 1.22 bits per heavy atom. The summed E-state index contributed by atoms with van der Waals surface area (Å²) in [6, 6.07) is 7.86. The van der Waals surface area contributed by atoms with Crippen molar-refractivity contribution in [2.45, 2.75) is 45.6 Å². The Bertz CT molecular complexity index is 888. The van der Waals surface area contributed by atoms with Crippen molar-refractivity contribution >= 4 is 17.0 Å². The fourth-order valence-corrected chi connectivity index (χ4v) is 4.88. The number of aromatic amines is 1. The van der Waals surface area contributed by atoms with E-state index in [1.807, 2.05) is 24.3 Å². The van der Waals surface area contributed by atoms with Crippen LogP contribution in [0.1, 0.15) is 39.5 Å². The SMILES string of the molecule is CC(C)COc1cccc2[nH]c(OC(=O)NC3CCN(CC4CCCN(C)C4)CC3)cc12. The topological polar surface area (TPSA) is 69.8 Å². The van der Waals surface area contributed by atoms with E-state index in [-0.39, 0.29) is 6.04 Å². The first-order valence-electron chi connectivity index (χ1n) is 12.1. The maximum atomic E-state index is 12.5. The molecule has 2 N–H and O–H groups in total. The number of hydrogen-bond acceptors (Lipinski definition) is 5. The van der Waals surface area contributed by atoms with Crippen molar-refractivity contribution in [3.63, 3.8) is 0 Å². The molecule has 1 aromatic heterocycles. The number of carbonyl (C=O) groups is 1. The van der Waals surface area contributed by atoms with Gasteiger partial charge in [0, 0.05) is 43.7 Å². The van der Waals surface area contributed by atoms with Gasteiger partial charge in [-0.05, 0) is 63.2 Å². The number of nitrogens with one attached hydrogen (secondary N) is 2. The second-order valence-electron chi connectivity index (χ2n) is 9.94. The van der Waals surface area contributed by atoms with Gasteiger partial charge in [0.05, 0.1) is 12.1 Å². The number of hydrogen-bond donors (Lipinski definition) is 2. The van der Waals surface area contributed by atoms with Gasteiger partial charge in [-0.1, -0.05) is 19.9 Å². The Labute approximate surface area is 191 Å². The third-order valence-electron chi connectivity index (χ3n) is 6.52. The standard InChI is InChI=1S/C25H38N4O3/c1-18(2)17-31-23-8-4-7-22-21(23)14-24(27-22)32-25(30)26-20-9-12-29(13-10-20)16-19-6-5-11-28(3)15-19/h4,7-8,14,18-20,27H,5-6,9-13,15-17H2,1-3H3,(H,26,30). The van der Waals surface area contributed by atoms with Crippen LogP contribution in [0.15, 0.2) is 24.3 Å². The first kappa shape index (κ1) is 22.9. The van der Waals surface area contributed by atoms with Gasteiger partial charge >= 0.3 is 6.09 Å². The highest BCUT2D eigenvalue weighted by Crippen LogP contribution is 2.29. The van der Waals surface area contributed by atoms with Crippen LogP contribution in [-0.4, -0.2) is 73.3 Å². The molecule has 7 nitrogen and oxygen atoms in total. The zero-order valence-electron chi connectivity index (χ0n) is 19.7. The van der Waals surface area contributed by atoms with Crippen molar-refractivity contribution < 1.29 is 14.3 Å². The van der Waals surface area contributed by atoms with Crippen molar-refractivity contribution in [3.05, 3.63) is 24.3 Å². The van der Waals surface area contributed by atoms with Gasteiger partial charge in [-0.2, -0.15) is 0 Å². The molecular formula is C25H38N4O3. The molecule has 2 fully saturated rings.